The number of amides is 1. The van der Waals surface area contributed by atoms with E-state index in [1.807, 2.05) is 54.6 Å². The van der Waals surface area contributed by atoms with Crippen LogP contribution in [0.25, 0.3) is 0 Å². The fourth-order valence-electron chi connectivity index (χ4n) is 2.75. The van der Waals surface area contributed by atoms with Crippen molar-refractivity contribution < 1.29 is 9.53 Å². The summed E-state index contributed by atoms with van der Waals surface area (Å²) >= 11 is 3.42. The van der Waals surface area contributed by atoms with Crippen molar-refractivity contribution in [2.24, 2.45) is 0 Å². The van der Waals surface area contributed by atoms with Crippen LogP contribution in [0.15, 0.2) is 83.3 Å². The Morgan fingerprint density at radius 2 is 1.71 bits per heavy atom. The van der Waals surface area contributed by atoms with E-state index in [1.54, 1.807) is 0 Å². The van der Waals surface area contributed by atoms with Crippen LogP contribution in [0, 0.1) is 0 Å². The van der Waals surface area contributed by atoms with Crippen molar-refractivity contribution in [3.8, 4) is 5.75 Å². The van der Waals surface area contributed by atoms with Gasteiger partial charge in [-0.05, 0) is 58.6 Å². The number of carbonyl (C=O) groups is 1. The summed E-state index contributed by atoms with van der Waals surface area (Å²) in [5.41, 5.74) is 2.92. The minimum Gasteiger partial charge on any atom is -0.494 e. The molecule has 4 nitrogen and oxygen atoms in total. The second-order valence-corrected chi connectivity index (χ2v) is 7.20. The molecule has 0 aliphatic rings. The van der Waals surface area contributed by atoms with Gasteiger partial charge in [0.15, 0.2) is 0 Å². The zero-order valence-electron chi connectivity index (χ0n) is 15.5. The Morgan fingerprint density at radius 1 is 0.929 bits per heavy atom. The van der Waals surface area contributed by atoms with Gasteiger partial charge in [-0.25, -0.2) is 0 Å². The van der Waals surface area contributed by atoms with Crippen LogP contribution in [0.1, 0.15) is 12.0 Å². The van der Waals surface area contributed by atoms with E-state index in [9.17, 15) is 4.79 Å². The molecule has 0 saturated carbocycles. The average molecular weight is 439 g/mol. The van der Waals surface area contributed by atoms with Crippen molar-refractivity contribution in [2.45, 2.75) is 12.8 Å². The fraction of sp³-hybridized carbons (Fsp3) is 0.174. The number of nitrogens with one attached hydrogen (secondary N) is 2. The zero-order valence-corrected chi connectivity index (χ0v) is 17.1. The van der Waals surface area contributed by atoms with Crippen LogP contribution in [0.2, 0.25) is 0 Å². The van der Waals surface area contributed by atoms with Gasteiger partial charge >= 0.3 is 0 Å². The molecule has 0 aliphatic carbocycles. The molecule has 3 aromatic rings. The molecule has 0 fully saturated rings. The zero-order chi connectivity index (χ0) is 19.6. The Morgan fingerprint density at radius 3 is 2.54 bits per heavy atom. The molecule has 2 N–H and O–H groups in total. The maximum atomic E-state index is 12.1. The first kappa shape index (κ1) is 20.0. The molecule has 0 atom stereocenters. The smallest absolute Gasteiger partial charge is 0.243 e. The van der Waals surface area contributed by atoms with Crippen LogP contribution in [-0.4, -0.2) is 19.1 Å². The minimum atomic E-state index is -0.110. The third-order valence-corrected chi connectivity index (χ3v) is 4.85. The molecule has 0 aromatic heterocycles. The Kier molecular flexibility index (Phi) is 7.50. The number of ether oxygens (including phenoxy) is 1. The minimum absolute atomic E-state index is 0.110. The molecule has 1 amide bonds. The number of para-hydroxylation sites is 1. The van der Waals surface area contributed by atoms with Gasteiger partial charge in [0.2, 0.25) is 5.91 Å². The molecule has 0 saturated heterocycles. The molecule has 0 radical (unpaired) electrons. The number of hydrogen-bond acceptors (Lipinski definition) is 3. The number of benzene rings is 3. The largest absolute Gasteiger partial charge is 0.494 e. The highest BCUT2D eigenvalue weighted by Crippen LogP contribution is 2.21. The van der Waals surface area contributed by atoms with Gasteiger partial charge < -0.3 is 15.4 Å². The first-order valence-electron chi connectivity index (χ1n) is 9.26. The number of rotatable bonds is 9. The van der Waals surface area contributed by atoms with E-state index in [0.29, 0.717) is 6.61 Å². The van der Waals surface area contributed by atoms with Gasteiger partial charge in [-0.15, -0.1) is 0 Å². The summed E-state index contributed by atoms with van der Waals surface area (Å²) in [4.78, 5) is 12.1. The van der Waals surface area contributed by atoms with E-state index in [4.69, 9.17) is 4.74 Å². The van der Waals surface area contributed by atoms with Crippen molar-refractivity contribution in [3.05, 3.63) is 88.9 Å². The van der Waals surface area contributed by atoms with Crippen molar-refractivity contribution in [2.75, 3.05) is 23.8 Å². The lowest BCUT2D eigenvalue weighted by molar-refractivity contribution is -0.114. The normalized spacial score (nSPS) is 10.3. The molecular formula is C23H23BrN2O2. The molecular weight excluding hydrogens is 416 g/mol. The predicted octanol–water partition coefficient (Wildman–Crippen LogP) is 5.51. The lowest BCUT2D eigenvalue weighted by atomic mass is 10.1. The van der Waals surface area contributed by atoms with Gasteiger partial charge in [-0.3, -0.25) is 4.79 Å². The molecule has 5 heteroatoms. The molecule has 0 heterocycles. The first-order valence-corrected chi connectivity index (χ1v) is 10.0. The van der Waals surface area contributed by atoms with Crippen molar-refractivity contribution in [3.63, 3.8) is 0 Å². The second-order valence-electron chi connectivity index (χ2n) is 6.35. The molecule has 3 aromatic carbocycles. The highest BCUT2D eigenvalue weighted by molar-refractivity contribution is 9.10. The SMILES string of the molecule is O=C(CNc1cccc(OCCCc2ccccc2)c1)Nc1ccccc1Br. The fourth-order valence-corrected chi connectivity index (χ4v) is 3.13. The van der Waals surface area contributed by atoms with Crippen LogP contribution in [0.3, 0.4) is 0 Å². The van der Waals surface area contributed by atoms with E-state index < -0.39 is 0 Å². The summed E-state index contributed by atoms with van der Waals surface area (Å²) in [6, 6.07) is 25.6. The molecule has 0 aliphatic heterocycles. The summed E-state index contributed by atoms with van der Waals surface area (Å²) in [7, 11) is 0. The van der Waals surface area contributed by atoms with Crippen molar-refractivity contribution in [1.82, 2.24) is 0 Å². The van der Waals surface area contributed by atoms with E-state index in [2.05, 4.69) is 50.8 Å². The maximum absolute atomic E-state index is 12.1. The highest BCUT2D eigenvalue weighted by Gasteiger charge is 2.05. The third kappa shape index (κ3) is 6.43. The standard InChI is InChI=1S/C23H23BrN2O2/c24-21-13-4-5-14-22(21)26-23(27)17-25-19-11-6-12-20(16-19)28-15-7-10-18-8-2-1-3-9-18/h1-6,8-9,11-14,16,25H,7,10,15,17H2,(H,26,27). The maximum Gasteiger partial charge on any atom is 0.243 e. The Hall–Kier alpha value is -2.79. The Balaban J connectivity index is 1.42. The third-order valence-electron chi connectivity index (χ3n) is 4.16. The highest BCUT2D eigenvalue weighted by atomic mass is 79.9. The van der Waals surface area contributed by atoms with Crippen LogP contribution in [0.4, 0.5) is 11.4 Å². The molecule has 0 spiro atoms. The number of carbonyl (C=O) groups excluding carboxylic acids is 1. The quantitative estimate of drug-likeness (QED) is 0.432. The van der Waals surface area contributed by atoms with Gasteiger partial charge in [-0.2, -0.15) is 0 Å². The first-order chi connectivity index (χ1) is 13.7. The van der Waals surface area contributed by atoms with Gasteiger partial charge in [0.05, 0.1) is 18.8 Å². The summed E-state index contributed by atoms with van der Waals surface area (Å²) in [5, 5.41) is 6.01. The summed E-state index contributed by atoms with van der Waals surface area (Å²) in [6.07, 6.45) is 1.95. The van der Waals surface area contributed by atoms with Crippen LogP contribution >= 0.6 is 15.9 Å². The van der Waals surface area contributed by atoms with E-state index >= 15 is 0 Å². The van der Waals surface area contributed by atoms with E-state index in [-0.39, 0.29) is 12.5 Å². The molecule has 0 bridgehead atoms. The van der Waals surface area contributed by atoms with E-state index in [1.165, 1.54) is 5.56 Å². The number of halogens is 1. The van der Waals surface area contributed by atoms with Crippen LogP contribution in [-0.2, 0) is 11.2 Å². The van der Waals surface area contributed by atoms with E-state index in [0.717, 1.165) is 34.4 Å². The molecule has 28 heavy (non-hydrogen) atoms. The number of anilines is 2. The molecule has 0 unspecified atom stereocenters. The lowest BCUT2D eigenvalue weighted by Gasteiger charge is -2.11. The monoisotopic (exact) mass is 438 g/mol. The predicted molar refractivity (Wildman–Crippen MR) is 118 cm³/mol. The number of aryl methyl sites for hydroxylation is 1. The summed E-state index contributed by atoms with van der Waals surface area (Å²) in [5.74, 6) is 0.686. The molecule has 3 rings (SSSR count). The van der Waals surface area contributed by atoms with Crippen LogP contribution < -0.4 is 15.4 Å². The van der Waals surface area contributed by atoms with Crippen molar-refractivity contribution in [1.29, 1.82) is 0 Å². The molecule has 144 valence electrons. The average Bonchev–Trinajstić information content (AvgIpc) is 2.73. The summed E-state index contributed by atoms with van der Waals surface area (Å²) in [6.45, 7) is 0.833. The second kappa shape index (κ2) is 10.5. The van der Waals surface area contributed by atoms with Crippen molar-refractivity contribution >= 4 is 33.2 Å². The van der Waals surface area contributed by atoms with Gasteiger partial charge in [0, 0.05) is 16.2 Å². The van der Waals surface area contributed by atoms with Gasteiger partial charge in [0.1, 0.15) is 5.75 Å². The van der Waals surface area contributed by atoms with Crippen LogP contribution in [0.5, 0.6) is 5.75 Å². The lowest BCUT2D eigenvalue weighted by Crippen LogP contribution is -2.21. The summed E-state index contributed by atoms with van der Waals surface area (Å²) < 4.78 is 6.70. The Bertz CT molecular complexity index is 900. The van der Waals surface area contributed by atoms with Gasteiger partial charge in [-0.1, -0.05) is 48.5 Å². The van der Waals surface area contributed by atoms with Gasteiger partial charge in [0.25, 0.3) is 0 Å². The number of hydrogen-bond donors (Lipinski definition) is 2. The Labute approximate surface area is 174 Å². The topological polar surface area (TPSA) is 50.4 Å².